The summed E-state index contributed by atoms with van der Waals surface area (Å²) in [7, 11) is 0. The Balaban J connectivity index is 0.0000000955. The van der Waals surface area contributed by atoms with Crippen LogP contribution in [0.25, 0.3) is 273 Å². The van der Waals surface area contributed by atoms with Gasteiger partial charge in [0.1, 0.15) is 0 Å². The molecule has 694 valence electrons. The highest BCUT2D eigenvalue weighted by Gasteiger charge is 2.27. The number of nitrogens with zero attached hydrogens (tertiary/aromatic N) is 5. The normalized spacial score (nSPS) is 11.8. The van der Waals surface area contributed by atoms with Crippen molar-refractivity contribution in [1.29, 1.82) is 0 Å². The number of hydrogen-bond acceptors (Lipinski definition) is 1. The molecule has 0 saturated heterocycles. The predicted molar refractivity (Wildman–Crippen MR) is 646 cm³/mol. The Hall–Kier alpha value is -17.2. The fourth-order valence-corrected chi connectivity index (χ4v) is 24.5. The summed E-state index contributed by atoms with van der Waals surface area (Å²) in [6.45, 7) is 0. The zero-order valence-corrected chi connectivity index (χ0v) is 86.2. The van der Waals surface area contributed by atoms with Gasteiger partial charge in [-0.2, -0.15) is 0 Å². The van der Waals surface area contributed by atoms with E-state index in [1.54, 1.807) is 0 Å². The van der Waals surface area contributed by atoms with Crippen molar-refractivity contribution in [2.24, 2.45) is 0 Å². The molecule has 0 amide bonds. The van der Waals surface area contributed by atoms with E-state index in [9.17, 15) is 0 Å². The maximum Gasteiger partial charge on any atom is 0.0702 e. The maximum atomic E-state index is 4.60. The highest BCUT2D eigenvalue weighted by Crippen LogP contribution is 2.51. The van der Waals surface area contributed by atoms with Crippen LogP contribution in [0.15, 0.2) is 534 Å². The summed E-state index contributed by atoms with van der Waals surface area (Å²) in [6.07, 6.45) is 1.85. The summed E-state index contributed by atoms with van der Waals surface area (Å²) in [5.74, 6) is 0. The largest absolute Gasteiger partial charge is 0.309 e. The number of pyridine rings is 1. The fraction of sp³-hybridized carbons (Fsp3) is 0. The number of rotatable bonds is 8. The zero-order chi connectivity index (χ0) is 98.3. The number of benzene rings is 26. The molecule has 0 fully saturated rings. The monoisotopic (exact) mass is 2140 g/mol. The lowest BCUT2D eigenvalue weighted by atomic mass is 9.93. The fourth-order valence-electron chi connectivity index (χ4n) is 23.5. The summed E-state index contributed by atoms with van der Waals surface area (Å²) in [5, 5.41) is 38.5. The molecule has 0 unspecified atom stereocenters. The van der Waals surface area contributed by atoms with Crippen LogP contribution in [-0.4, -0.2) is 23.3 Å². The molecule has 0 aliphatic rings. The van der Waals surface area contributed by atoms with E-state index in [-0.39, 0.29) is 0 Å². The van der Waals surface area contributed by atoms with Crippen LogP contribution in [0.3, 0.4) is 0 Å². The minimum absolute atomic E-state index is 0.962. The van der Waals surface area contributed by atoms with Gasteiger partial charge >= 0.3 is 0 Å². The summed E-state index contributed by atoms with van der Waals surface area (Å²) in [6, 6.07) is 185. The Kier molecular flexibility index (Phi) is 21.9. The number of hydrogen-bond donors (Lipinski definition) is 0. The average molecular weight is 2140 g/mol. The lowest BCUT2D eigenvalue weighted by Gasteiger charge is -2.14. The molecule has 9 heteroatoms. The van der Waals surface area contributed by atoms with E-state index >= 15 is 0 Å². The molecular formula is C139H85Br4N5. The van der Waals surface area contributed by atoms with E-state index in [4.69, 9.17) is 0 Å². The standard InChI is InChI=1S/C40H24BrN.C35H21BrN2.2C32H20BrN/c41-27-21-17-25(18-22-27)26-19-23-28(24-20-26)42-39-35-15-7-3-11-31(35)29-9-1-5-13-33(29)37(39)38-34-14-6-2-10-30(34)32-12-4-8-16-36(32)40(38)42;36-24-16-19-31(37-21-24)23-13-17-25(18-14-23)38-32-20-15-22-7-1-2-8-26(22)33(32)34-29-11-5-3-9-27(29)28-10-4-6-12-30(28)35(34)38;33-25-16-12-21(13-17-25)24-8-5-9-26(20-24)34-30-19-15-22-6-1-3-10-27(22)31(30)29-18-14-23-7-2-4-11-28(23)32(29)34;33-27-13-9-21(10-14-27)22-11-15-28(16-12-22)34-31-19-25-7-3-1-5-23(25)17-29(31)30-18-24-6-2-4-8-26(24)20-32(30)34/h1-24H;1-21H;2*1-20H. The van der Waals surface area contributed by atoms with Gasteiger partial charge in [-0.25, -0.2) is 0 Å². The second kappa shape index (κ2) is 36.6. The first-order chi connectivity index (χ1) is 73.1. The van der Waals surface area contributed by atoms with E-state index in [0.717, 1.165) is 40.5 Å². The first-order valence-electron chi connectivity index (χ1n) is 50.0. The van der Waals surface area contributed by atoms with Crippen molar-refractivity contribution >= 4 is 269 Å². The zero-order valence-electron chi connectivity index (χ0n) is 79.8. The molecular weight excluding hydrogens is 2060 g/mol. The summed E-state index contributed by atoms with van der Waals surface area (Å²) >= 11 is 14.2. The van der Waals surface area contributed by atoms with Gasteiger partial charge in [0.15, 0.2) is 0 Å². The van der Waals surface area contributed by atoms with Gasteiger partial charge in [0.2, 0.25) is 0 Å². The second-order valence-corrected chi connectivity index (χ2v) is 42.0. The average Bonchev–Trinajstić information content (AvgIpc) is 1.52. The molecule has 0 saturated carbocycles. The van der Waals surface area contributed by atoms with Gasteiger partial charge < -0.3 is 18.3 Å². The first kappa shape index (κ1) is 88.5. The molecule has 0 atom stereocenters. The van der Waals surface area contributed by atoms with E-state index < -0.39 is 0 Å². The highest BCUT2D eigenvalue weighted by molar-refractivity contribution is 9.11. The van der Waals surface area contributed by atoms with Gasteiger partial charge in [0.25, 0.3) is 0 Å². The van der Waals surface area contributed by atoms with Crippen LogP contribution in [-0.2, 0) is 0 Å². The van der Waals surface area contributed by atoms with Gasteiger partial charge in [0.05, 0.1) is 49.8 Å². The minimum atomic E-state index is 0.962. The summed E-state index contributed by atoms with van der Waals surface area (Å²) in [5.41, 5.74) is 23.9. The van der Waals surface area contributed by atoms with Crippen molar-refractivity contribution in [3.8, 4) is 67.4 Å². The minimum Gasteiger partial charge on any atom is -0.309 e. The molecule has 0 aliphatic heterocycles. The van der Waals surface area contributed by atoms with Crippen LogP contribution >= 0.6 is 63.7 Å². The maximum absolute atomic E-state index is 4.60. The Bertz CT molecular complexity index is 10600. The molecule has 5 nitrogen and oxygen atoms in total. The molecule has 5 aromatic heterocycles. The van der Waals surface area contributed by atoms with Crippen LogP contribution in [0.1, 0.15) is 0 Å². The van der Waals surface area contributed by atoms with Crippen LogP contribution in [0.2, 0.25) is 0 Å². The molecule has 5 heterocycles. The lowest BCUT2D eigenvalue weighted by molar-refractivity contribution is 1.18. The SMILES string of the molecule is Brc1ccc(-c2ccc(-n3c4c5ccccc5c5ccccc5c4c4c5ccccc5c5ccccc5c43)cc2)cc1.Brc1ccc(-c2ccc(-n3c4cc5ccccc5cc4c4cc5ccccc5cc43)cc2)cc1.Brc1ccc(-c2ccc(-n3c4ccc5ccccc5c4c4c5ccccc5c5ccccc5c43)cc2)nc1.Brc1ccc(-c2cccc(-n3c4ccc5ccccc5c4c4ccc5ccccc5c43)c2)cc1. The van der Waals surface area contributed by atoms with Crippen LogP contribution in [0, 0.1) is 0 Å². The van der Waals surface area contributed by atoms with Crippen LogP contribution in [0.4, 0.5) is 0 Å². The van der Waals surface area contributed by atoms with Crippen LogP contribution in [0.5, 0.6) is 0 Å². The van der Waals surface area contributed by atoms with Gasteiger partial charge in [-0.3, -0.25) is 4.98 Å². The van der Waals surface area contributed by atoms with Crippen LogP contribution < -0.4 is 0 Å². The molecule has 0 radical (unpaired) electrons. The third kappa shape index (κ3) is 15.0. The topological polar surface area (TPSA) is 32.6 Å². The third-order valence-electron chi connectivity index (χ3n) is 30.1. The number of fused-ring (bicyclic) bond motifs is 35. The number of halogens is 4. The first-order valence-corrected chi connectivity index (χ1v) is 53.2. The van der Waals surface area contributed by atoms with Crippen molar-refractivity contribution in [2.75, 3.05) is 0 Å². The summed E-state index contributed by atoms with van der Waals surface area (Å²) < 4.78 is 14.1. The molecule has 31 rings (SSSR count). The van der Waals surface area contributed by atoms with Crippen molar-refractivity contribution in [3.05, 3.63) is 534 Å². The van der Waals surface area contributed by atoms with E-state index in [1.807, 2.05) is 18.3 Å². The van der Waals surface area contributed by atoms with Crippen molar-refractivity contribution < 1.29 is 0 Å². The molecule has 0 bridgehead atoms. The highest BCUT2D eigenvalue weighted by atomic mass is 79.9. The van der Waals surface area contributed by atoms with E-state index in [2.05, 4.69) is 584 Å². The predicted octanol–water partition coefficient (Wildman–Crippen LogP) is 40.9. The molecule has 148 heavy (non-hydrogen) atoms. The van der Waals surface area contributed by atoms with Gasteiger partial charge in [0, 0.05) is 117 Å². The Labute approximate surface area is 885 Å². The lowest BCUT2D eigenvalue weighted by Crippen LogP contribution is -1.96. The molecule has 0 spiro atoms. The summed E-state index contributed by atoms with van der Waals surface area (Å²) in [4.78, 5) is 4.60. The quantitative estimate of drug-likeness (QED) is 0.140. The third-order valence-corrected chi connectivity index (χ3v) is 32.2. The van der Waals surface area contributed by atoms with Crippen molar-refractivity contribution in [2.45, 2.75) is 0 Å². The van der Waals surface area contributed by atoms with Gasteiger partial charge in [-0.05, 0) is 280 Å². The van der Waals surface area contributed by atoms with Crippen molar-refractivity contribution in [1.82, 2.24) is 23.3 Å². The van der Waals surface area contributed by atoms with Gasteiger partial charge in [-0.15, -0.1) is 0 Å². The Morgan fingerprint density at radius 3 is 0.878 bits per heavy atom. The number of aromatic nitrogens is 5. The van der Waals surface area contributed by atoms with E-state index in [1.165, 1.54) is 250 Å². The Morgan fingerprint density at radius 1 is 0.142 bits per heavy atom. The Morgan fingerprint density at radius 2 is 0.446 bits per heavy atom. The smallest absolute Gasteiger partial charge is 0.0702 e. The van der Waals surface area contributed by atoms with Gasteiger partial charge in [-0.1, -0.05) is 424 Å². The second-order valence-electron chi connectivity index (χ2n) is 38.3. The molecule has 31 aromatic rings. The molecule has 26 aromatic carbocycles. The molecule has 0 aliphatic carbocycles. The van der Waals surface area contributed by atoms with Crippen molar-refractivity contribution in [3.63, 3.8) is 0 Å². The molecule has 0 N–H and O–H groups in total. The van der Waals surface area contributed by atoms with E-state index in [0.29, 0.717) is 0 Å².